The molecule has 282 valence electrons. The molecule has 5 heteroatoms. The Morgan fingerprint density at radius 2 is 0.983 bits per heavy atom. The molecule has 0 aliphatic carbocycles. The van der Waals surface area contributed by atoms with E-state index >= 15 is 0 Å². The Morgan fingerprint density at radius 3 is 1.77 bits per heavy atom. The summed E-state index contributed by atoms with van der Waals surface area (Å²) < 4.78 is 15.2. The zero-order valence-electron chi connectivity index (χ0n) is 32.2. The Kier molecular flexibility index (Phi) is 8.00. The summed E-state index contributed by atoms with van der Waals surface area (Å²) in [6.07, 6.45) is 0. The second kappa shape index (κ2) is 14.0. The molecule has 0 unspecified atom stereocenters. The van der Waals surface area contributed by atoms with E-state index in [2.05, 4.69) is 169 Å². The van der Waals surface area contributed by atoms with Crippen molar-refractivity contribution in [2.45, 2.75) is 0 Å². The zero-order valence-corrected chi connectivity index (χ0v) is 33.1. The molecule has 0 N–H and O–H groups in total. The van der Waals surface area contributed by atoms with Gasteiger partial charge in [0.1, 0.15) is 16.7 Å². The first kappa shape index (κ1) is 34.3. The minimum atomic E-state index is 0.598. The van der Waals surface area contributed by atoms with Crippen molar-refractivity contribution in [3.8, 4) is 44.8 Å². The molecule has 0 fully saturated rings. The van der Waals surface area contributed by atoms with Gasteiger partial charge in [0.2, 0.25) is 5.89 Å². The highest BCUT2D eigenvalue weighted by Gasteiger charge is 2.19. The fourth-order valence-electron chi connectivity index (χ4n) is 8.61. The van der Waals surface area contributed by atoms with Crippen LogP contribution in [0.2, 0.25) is 0 Å². The Hall–Kier alpha value is -7.73. The molecule has 60 heavy (non-hydrogen) atoms. The maximum Gasteiger partial charge on any atom is 0.227 e. The molecule has 3 heterocycles. The summed E-state index contributed by atoms with van der Waals surface area (Å²) in [6, 6.07) is 73.0. The lowest BCUT2D eigenvalue weighted by Gasteiger charge is -2.26. The molecule has 12 aromatic rings. The third-order valence-corrected chi connectivity index (χ3v) is 12.7. The number of oxazole rings is 1. The second-order valence-electron chi connectivity index (χ2n) is 15.1. The van der Waals surface area contributed by atoms with Crippen molar-refractivity contribution in [1.29, 1.82) is 0 Å². The summed E-state index contributed by atoms with van der Waals surface area (Å²) in [7, 11) is 0. The van der Waals surface area contributed by atoms with Gasteiger partial charge >= 0.3 is 0 Å². The molecule has 9 aromatic carbocycles. The lowest BCUT2D eigenvalue weighted by Crippen LogP contribution is -2.10. The number of fused-ring (bicyclic) bond motifs is 8. The molecule has 0 atom stereocenters. The van der Waals surface area contributed by atoms with Gasteiger partial charge in [0, 0.05) is 48.2 Å². The molecule has 4 nitrogen and oxygen atoms in total. The molecule has 0 spiro atoms. The van der Waals surface area contributed by atoms with Crippen molar-refractivity contribution in [2.75, 3.05) is 4.90 Å². The van der Waals surface area contributed by atoms with Gasteiger partial charge in [0.05, 0.1) is 5.39 Å². The number of hydrogen-bond donors (Lipinski definition) is 0. The molecule has 0 saturated carbocycles. The van der Waals surface area contributed by atoms with E-state index < -0.39 is 0 Å². The highest BCUT2D eigenvalue weighted by Crippen LogP contribution is 2.43. The third kappa shape index (κ3) is 5.78. The van der Waals surface area contributed by atoms with E-state index in [1.165, 1.54) is 42.4 Å². The molecule has 0 aliphatic heterocycles. The Labute approximate surface area is 349 Å². The van der Waals surface area contributed by atoms with Crippen molar-refractivity contribution in [3.63, 3.8) is 0 Å². The number of thiophene rings is 1. The maximum absolute atomic E-state index is 6.34. The van der Waals surface area contributed by atoms with Crippen LogP contribution < -0.4 is 4.90 Å². The summed E-state index contributed by atoms with van der Waals surface area (Å²) in [5.74, 6) is 0.598. The number of hydrogen-bond acceptors (Lipinski definition) is 5. The molecule has 0 amide bonds. The molecule has 0 aliphatic rings. The van der Waals surface area contributed by atoms with Crippen molar-refractivity contribution in [2.24, 2.45) is 0 Å². The topological polar surface area (TPSA) is 42.4 Å². The SMILES string of the molecule is c1ccc(-c2ccc(N(c3ccc(-c4ccc5oc6ccc7oc(-c8ccccc8)nc7c6c5c4)cc3)c3cccc(-c4cccc5c4sc4ccccc45)c3)cc2)cc1. The first-order chi connectivity index (χ1) is 29.7. The van der Waals surface area contributed by atoms with Crippen LogP contribution in [0.3, 0.4) is 0 Å². The summed E-state index contributed by atoms with van der Waals surface area (Å²) in [6.45, 7) is 0. The summed E-state index contributed by atoms with van der Waals surface area (Å²) in [5, 5.41) is 4.57. The van der Waals surface area contributed by atoms with E-state index in [9.17, 15) is 0 Å². The highest BCUT2D eigenvalue weighted by atomic mass is 32.1. The molecular weight excluding hydrogens is 753 g/mol. The minimum Gasteiger partial charge on any atom is -0.456 e. The van der Waals surface area contributed by atoms with Crippen molar-refractivity contribution < 1.29 is 8.83 Å². The quantitative estimate of drug-likeness (QED) is 0.161. The van der Waals surface area contributed by atoms with E-state index in [-0.39, 0.29) is 0 Å². The monoisotopic (exact) mass is 786 g/mol. The Balaban J connectivity index is 0.951. The molecule has 0 radical (unpaired) electrons. The van der Waals surface area contributed by atoms with Crippen molar-refractivity contribution in [3.05, 3.63) is 206 Å². The summed E-state index contributed by atoms with van der Waals surface area (Å²) >= 11 is 1.86. The summed E-state index contributed by atoms with van der Waals surface area (Å²) in [5.41, 5.74) is 14.3. The van der Waals surface area contributed by atoms with E-state index in [0.717, 1.165) is 66.8 Å². The van der Waals surface area contributed by atoms with Gasteiger partial charge in [-0.1, -0.05) is 127 Å². The van der Waals surface area contributed by atoms with Crippen LogP contribution in [0, 0.1) is 0 Å². The van der Waals surface area contributed by atoms with E-state index in [1.54, 1.807) is 0 Å². The fraction of sp³-hybridized carbons (Fsp3) is 0. The van der Waals surface area contributed by atoms with Gasteiger partial charge in [-0.05, 0) is 112 Å². The molecule has 0 saturated heterocycles. The van der Waals surface area contributed by atoms with Gasteiger partial charge in [-0.2, -0.15) is 0 Å². The van der Waals surface area contributed by atoms with E-state index in [4.69, 9.17) is 13.8 Å². The highest BCUT2D eigenvalue weighted by molar-refractivity contribution is 7.26. The smallest absolute Gasteiger partial charge is 0.227 e. The molecule has 3 aromatic heterocycles. The number of rotatable bonds is 7. The van der Waals surface area contributed by atoms with Crippen LogP contribution in [0.4, 0.5) is 17.1 Å². The van der Waals surface area contributed by atoms with E-state index in [0.29, 0.717) is 5.89 Å². The predicted molar refractivity (Wildman–Crippen MR) is 251 cm³/mol. The normalized spacial score (nSPS) is 11.7. The van der Waals surface area contributed by atoms with Crippen LogP contribution in [0.1, 0.15) is 0 Å². The fourth-order valence-corrected chi connectivity index (χ4v) is 9.85. The first-order valence-corrected chi connectivity index (χ1v) is 20.9. The van der Waals surface area contributed by atoms with Crippen molar-refractivity contribution in [1.82, 2.24) is 4.98 Å². The number of aromatic nitrogens is 1. The van der Waals surface area contributed by atoms with Gasteiger partial charge < -0.3 is 13.7 Å². The lowest BCUT2D eigenvalue weighted by molar-refractivity contribution is 0.619. The average Bonchev–Trinajstić information content (AvgIpc) is 4.04. The predicted octanol–water partition coefficient (Wildman–Crippen LogP) is 16.2. The zero-order chi connectivity index (χ0) is 39.6. The van der Waals surface area contributed by atoms with Gasteiger partial charge in [0.15, 0.2) is 5.58 Å². The van der Waals surface area contributed by atoms with Crippen LogP contribution >= 0.6 is 11.3 Å². The first-order valence-electron chi connectivity index (χ1n) is 20.1. The summed E-state index contributed by atoms with van der Waals surface area (Å²) in [4.78, 5) is 7.32. The van der Waals surface area contributed by atoms with Gasteiger partial charge in [-0.3, -0.25) is 0 Å². The third-order valence-electron chi connectivity index (χ3n) is 11.5. The van der Waals surface area contributed by atoms with Crippen LogP contribution in [-0.2, 0) is 0 Å². The Bertz CT molecular complexity index is 3530. The second-order valence-corrected chi connectivity index (χ2v) is 16.2. The Morgan fingerprint density at radius 1 is 0.383 bits per heavy atom. The van der Waals surface area contributed by atoms with Crippen LogP contribution in [0.15, 0.2) is 215 Å². The average molecular weight is 787 g/mol. The van der Waals surface area contributed by atoms with Crippen LogP contribution in [-0.4, -0.2) is 4.98 Å². The van der Waals surface area contributed by atoms with Crippen molar-refractivity contribution >= 4 is 81.6 Å². The van der Waals surface area contributed by atoms with Gasteiger partial charge in [-0.25, -0.2) is 4.98 Å². The lowest BCUT2D eigenvalue weighted by atomic mass is 10.0. The van der Waals surface area contributed by atoms with Crippen LogP contribution in [0.25, 0.3) is 98.0 Å². The van der Waals surface area contributed by atoms with Crippen LogP contribution in [0.5, 0.6) is 0 Å². The molecule has 12 rings (SSSR count). The van der Waals surface area contributed by atoms with E-state index in [1.807, 2.05) is 53.8 Å². The maximum atomic E-state index is 6.34. The number of nitrogens with zero attached hydrogens (tertiary/aromatic N) is 2. The largest absolute Gasteiger partial charge is 0.456 e. The minimum absolute atomic E-state index is 0.598. The number of furan rings is 1. The molecule has 0 bridgehead atoms. The van der Waals surface area contributed by atoms with Gasteiger partial charge in [-0.15, -0.1) is 11.3 Å². The standard InChI is InChI=1S/C55H34N2O2S/c1-3-11-35(12-4-1)36-21-26-41(27-22-36)57(43-16-9-15-40(33-43)44-18-10-19-46-45-17-7-8-20-51(45)60-54(44)46)42-28-23-37(24-29-42)39-25-30-48-47(34-39)52-49(58-48)31-32-50-53(52)56-55(59-50)38-13-5-2-6-14-38/h1-34H. The number of benzene rings is 9. The van der Waals surface area contributed by atoms with Gasteiger partial charge in [0.25, 0.3) is 0 Å². The molecular formula is C55H34N2O2S. The number of anilines is 3.